The van der Waals surface area contributed by atoms with Gasteiger partial charge in [-0.1, -0.05) is 19.1 Å². The van der Waals surface area contributed by atoms with E-state index < -0.39 is 15.6 Å². The molecule has 0 atom stereocenters. The number of para-hydroxylation sites is 2. The third-order valence-corrected chi connectivity index (χ3v) is 9.56. The van der Waals surface area contributed by atoms with Gasteiger partial charge in [0.15, 0.2) is 0 Å². The topological polar surface area (TPSA) is 102 Å². The zero-order valence-corrected chi connectivity index (χ0v) is 22.0. The molecule has 35 heavy (non-hydrogen) atoms. The zero-order chi connectivity index (χ0) is 25.3. The molecule has 1 aromatic carbocycles. The van der Waals surface area contributed by atoms with E-state index in [4.69, 9.17) is 4.74 Å². The molecule has 1 amide bonds. The lowest BCUT2D eigenvalue weighted by Crippen LogP contribution is -2.38. The maximum Gasteiger partial charge on any atom is 0.263 e. The number of aryl methyl sites for hydroxylation is 1. The minimum Gasteiger partial charge on any atom is -0.492 e. The van der Waals surface area contributed by atoms with E-state index in [0.717, 1.165) is 12.8 Å². The summed E-state index contributed by atoms with van der Waals surface area (Å²) in [6.07, 6.45) is 2.87. The van der Waals surface area contributed by atoms with Crippen molar-refractivity contribution >= 4 is 43.2 Å². The number of hydrogen-bond donors (Lipinski definition) is 0. The lowest BCUT2D eigenvalue weighted by molar-refractivity contribution is -0.118. The molecular formula is C24H30N4O5S2. The second-order valence-electron chi connectivity index (χ2n) is 8.79. The predicted molar refractivity (Wildman–Crippen MR) is 137 cm³/mol. The summed E-state index contributed by atoms with van der Waals surface area (Å²) in [5.41, 5.74) is 0.0403. The van der Waals surface area contributed by atoms with Crippen LogP contribution in [0, 0.1) is 12.8 Å². The van der Waals surface area contributed by atoms with E-state index in [1.165, 1.54) is 31.4 Å². The average Bonchev–Trinajstić information content (AvgIpc) is 3.18. The second-order valence-corrected chi connectivity index (χ2v) is 11.9. The highest BCUT2D eigenvalue weighted by atomic mass is 32.2. The van der Waals surface area contributed by atoms with Crippen molar-refractivity contribution in [2.24, 2.45) is 5.92 Å². The Morgan fingerprint density at radius 1 is 1.26 bits per heavy atom. The van der Waals surface area contributed by atoms with E-state index in [0.29, 0.717) is 46.8 Å². The predicted octanol–water partition coefficient (Wildman–Crippen LogP) is 3.25. The minimum absolute atomic E-state index is 0.0152. The second kappa shape index (κ2) is 10.1. The van der Waals surface area contributed by atoms with E-state index in [1.54, 1.807) is 32.2 Å². The smallest absolute Gasteiger partial charge is 0.263 e. The summed E-state index contributed by atoms with van der Waals surface area (Å²) in [7, 11) is -2.25. The van der Waals surface area contributed by atoms with Crippen molar-refractivity contribution in [2.75, 3.05) is 31.6 Å². The lowest BCUT2D eigenvalue weighted by Gasteiger charge is -2.29. The fraction of sp³-hybridized carbons (Fsp3) is 0.458. The number of nitrogens with zero attached hydrogens (tertiary/aromatic N) is 4. The number of thiophene rings is 1. The Morgan fingerprint density at radius 3 is 2.63 bits per heavy atom. The van der Waals surface area contributed by atoms with Crippen LogP contribution in [0.15, 0.2) is 40.3 Å². The Hall–Kier alpha value is -2.76. The first-order valence-corrected chi connectivity index (χ1v) is 13.9. The molecule has 4 rings (SSSR count). The van der Waals surface area contributed by atoms with E-state index in [-0.39, 0.29) is 22.7 Å². The molecule has 1 saturated heterocycles. The van der Waals surface area contributed by atoms with Gasteiger partial charge in [-0.15, -0.1) is 11.3 Å². The number of carbonyl (C=O) groups excluding carboxylic acids is 1. The average molecular weight is 519 g/mol. The van der Waals surface area contributed by atoms with Crippen LogP contribution in [0.2, 0.25) is 0 Å². The number of aromatic nitrogens is 2. The number of hydrogen-bond acceptors (Lipinski definition) is 7. The van der Waals surface area contributed by atoms with Gasteiger partial charge in [0, 0.05) is 25.0 Å². The van der Waals surface area contributed by atoms with Gasteiger partial charge in [-0.25, -0.2) is 13.4 Å². The van der Waals surface area contributed by atoms with Gasteiger partial charge in [0.25, 0.3) is 5.56 Å². The van der Waals surface area contributed by atoms with Crippen LogP contribution in [0.5, 0.6) is 5.75 Å². The van der Waals surface area contributed by atoms with E-state index in [1.807, 2.05) is 13.0 Å². The number of sulfonamides is 1. The maximum atomic E-state index is 13.5. The van der Waals surface area contributed by atoms with Crippen LogP contribution in [0.3, 0.4) is 0 Å². The summed E-state index contributed by atoms with van der Waals surface area (Å²) < 4.78 is 35.3. The van der Waals surface area contributed by atoms with Gasteiger partial charge < -0.3 is 9.64 Å². The van der Waals surface area contributed by atoms with Crippen molar-refractivity contribution in [2.45, 2.75) is 45.1 Å². The summed E-state index contributed by atoms with van der Waals surface area (Å²) in [6, 6.07) is 7.15. The molecule has 0 radical (unpaired) electrons. The van der Waals surface area contributed by atoms with Gasteiger partial charge in [0.05, 0.1) is 24.0 Å². The Bertz CT molecular complexity index is 1410. The summed E-state index contributed by atoms with van der Waals surface area (Å²) in [5, 5.41) is 0.0544. The van der Waals surface area contributed by atoms with E-state index in [9.17, 15) is 18.0 Å². The van der Waals surface area contributed by atoms with Crippen LogP contribution >= 0.6 is 11.3 Å². The van der Waals surface area contributed by atoms with Crippen molar-refractivity contribution in [3.05, 3.63) is 45.8 Å². The fourth-order valence-corrected chi connectivity index (χ4v) is 7.43. The molecule has 9 nitrogen and oxygen atoms in total. The van der Waals surface area contributed by atoms with Gasteiger partial charge >= 0.3 is 0 Å². The zero-order valence-electron chi connectivity index (χ0n) is 20.4. The number of piperidine rings is 1. The lowest BCUT2D eigenvalue weighted by atomic mass is 10.0. The molecule has 188 valence electrons. The van der Waals surface area contributed by atoms with E-state index >= 15 is 0 Å². The number of anilines is 1. The van der Waals surface area contributed by atoms with Crippen LogP contribution in [0.1, 0.15) is 31.6 Å². The normalized spacial score (nSPS) is 15.4. The maximum absolute atomic E-state index is 13.5. The van der Waals surface area contributed by atoms with Crippen LogP contribution < -0.4 is 15.2 Å². The summed E-state index contributed by atoms with van der Waals surface area (Å²) in [6.45, 7) is 6.68. The summed E-state index contributed by atoms with van der Waals surface area (Å²) >= 11 is 1.18. The third kappa shape index (κ3) is 4.85. The Balaban J connectivity index is 1.69. The quantitative estimate of drug-likeness (QED) is 0.476. The largest absolute Gasteiger partial charge is 0.492 e. The molecule has 0 saturated carbocycles. The van der Waals surface area contributed by atoms with Crippen molar-refractivity contribution < 1.29 is 17.9 Å². The van der Waals surface area contributed by atoms with Crippen LogP contribution in [0.4, 0.5) is 5.69 Å². The molecule has 1 aliphatic heterocycles. The van der Waals surface area contributed by atoms with Crippen molar-refractivity contribution in [3.8, 4) is 5.75 Å². The monoisotopic (exact) mass is 518 g/mol. The first-order chi connectivity index (χ1) is 16.6. The Morgan fingerprint density at radius 2 is 1.94 bits per heavy atom. The molecule has 0 aliphatic carbocycles. The number of rotatable bonds is 7. The minimum atomic E-state index is -3.86. The number of amides is 1. The van der Waals surface area contributed by atoms with Crippen molar-refractivity contribution in [3.63, 3.8) is 0 Å². The first kappa shape index (κ1) is 25.3. The van der Waals surface area contributed by atoms with Crippen molar-refractivity contribution in [1.29, 1.82) is 0 Å². The molecule has 0 N–H and O–H groups in total. The van der Waals surface area contributed by atoms with Gasteiger partial charge in [-0.3, -0.25) is 14.2 Å². The van der Waals surface area contributed by atoms with Gasteiger partial charge in [-0.2, -0.15) is 4.31 Å². The Labute approximate surface area is 209 Å². The van der Waals surface area contributed by atoms with Crippen molar-refractivity contribution in [1.82, 2.24) is 13.9 Å². The number of fused-ring (bicyclic) bond motifs is 1. The SMILES string of the molecule is CCOc1ccccc1N(C)C(=O)Cn1cnc2sc(C)c(S(=O)(=O)N3CCC(C)CC3)c2c1=O. The van der Waals surface area contributed by atoms with Crippen LogP contribution in [-0.4, -0.2) is 54.9 Å². The summed E-state index contributed by atoms with van der Waals surface area (Å²) in [5.74, 6) is 0.669. The molecular weight excluding hydrogens is 488 g/mol. The molecule has 1 fully saturated rings. The van der Waals surface area contributed by atoms with Gasteiger partial charge in [0.1, 0.15) is 22.0 Å². The summed E-state index contributed by atoms with van der Waals surface area (Å²) in [4.78, 5) is 33.2. The third-order valence-electron chi connectivity index (χ3n) is 6.35. The van der Waals surface area contributed by atoms with Crippen LogP contribution in [0.25, 0.3) is 10.2 Å². The molecule has 1 aliphatic rings. The first-order valence-electron chi connectivity index (χ1n) is 11.6. The molecule has 3 aromatic rings. The number of carbonyl (C=O) groups is 1. The molecule has 0 spiro atoms. The highest BCUT2D eigenvalue weighted by Gasteiger charge is 2.33. The molecule has 0 unspecified atom stereocenters. The number of ether oxygens (including phenoxy) is 1. The number of benzene rings is 1. The molecule has 0 bridgehead atoms. The molecule has 11 heteroatoms. The molecule has 3 heterocycles. The standard InChI is InChI=1S/C24H30N4O5S2/c1-5-33-19-9-7-6-8-18(19)26(4)20(29)14-27-15-25-23-21(24(27)30)22(17(3)34-23)35(31,32)28-12-10-16(2)11-13-28/h6-9,15-16H,5,10-14H2,1-4H3. The van der Waals surface area contributed by atoms with Crippen LogP contribution in [-0.2, 0) is 21.4 Å². The highest BCUT2D eigenvalue weighted by Crippen LogP contribution is 2.34. The van der Waals surface area contributed by atoms with Gasteiger partial charge in [0.2, 0.25) is 15.9 Å². The highest BCUT2D eigenvalue weighted by molar-refractivity contribution is 7.89. The Kier molecular flexibility index (Phi) is 7.30. The van der Waals surface area contributed by atoms with E-state index in [2.05, 4.69) is 11.9 Å². The number of likely N-dealkylation sites (N-methyl/N-ethyl adjacent to an activating group) is 1. The fourth-order valence-electron chi connectivity index (χ4n) is 4.29. The van der Waals surface area contributed by atoms with Gasteiger partial charge in [-0.05, 0) is 44.7 Å². The molecule has 2 aromatic heterocycles.